The number of hydrogen-bond donors (Lipinski definition) is 2. The second-order valence-electron chi connectivity index (χ2n) is 11.4. The zero-order valence-corrected chi connectivity index (χ0v) is 27.0. The van der Waals surface area contributed by atoms with E-state index in [1.807, 2.05) is 0 Å². The molecule has 47 heavy (non-hydrogen) atoms. The van der Waals surface area contributed by atoms with Crippen LogP contribution >= 0.6 is 0 Å². The third-order valence-corrected chi connectivity index (χ3v) is 9.21. The van der Waals surface area contributed by atoms with E-state index in [1.54, 1.807) is 18.4 Å². The second-order valence-corrected chi connectivity index (χ2v) is 13.5. The summed E-state index contributed by atoms with van der Waals surface area (Å²) in [5.41, 5.74) is 2.10. The first-order chi connectivity index (χ1) is 22.1. The normalized spacial score (nSPS) is 13.4. The Morgan fingerprint density at radius 2 is 1.51 bits per heavy atom. The van der Waals surface area contributed by atoms with Crippen molar-refractivity contribution in [3.8, 4) is 22.3 Å². The van der Waals surface area contributed by atoms with Gasteiger partial charge in [-0.2, -0.15) is 0 Å². The molecule has 248 valence electrons. The first-order valence-electron chi connectivity index (χ1n) is 14.6. The monoisotopic (exact) mass is 667 g/mol. The number of hydrogen-bond acceptors (Lipinski definition) is 7. The van der Waals surface area contributed by atoms with Gasteiger partial charge in [-0.25, -0.2) is 26.3 Å². The Morgan fingerprint density at radius 3 is 2.02 bits per heavy atom. The van der Waals surface area contributed by atoms with Crippen LogP contribution in [0, 0.1) is 11.6 Å². The van der Waals surface area contributed by atoms with Crippen molar-refractivity contribution in [2.24, 2.45) is 0 Å². The van der Waals surface area contributed by atoms with Crippen molar-refractivity contribution in [3.63, 3.8) is 0 Å². The summed E-state index contributed by atoms with van der Waals surface area (Å²) in [6, 6.07) is 13.2. The quantitative estimate of drug-likeness (QED) is 0.221. The highest BCUT2D eigenvalue weighted by Gasteiger charge is 2.35. The molecule has 2 atom stereocenters. The lowest BCUT2D eigenvalue weighted by Crippen LogP contribution is -2.44. The number of benzene rings is 2. The maximum absolute atomic E-state index is 14.6. The number of aliphatic carboxylic acids is 1. The third-order valence-electron chi connectivity index (χ3n) is 7.41. The van der Waals surface area contributed by atoms with Crippen LogP contribution in [0.15, 0.2) is 84.0 Å². The number of carbonyl (C=O) groups is 2. The molecule has 0 unspecified atom stereocenters. The van der Waals surface area contributed by atoms with E-state index < -0.39 is 58.2 Å². The van der Waals surface area contributed by atoms with E-state index in [0.717, 1.165) is 8.87 Å². The minimum atomic E-state index is -3.92. The summed E-state index contributed by atoms with van der Waals surface area (Å²) in [5.74, 6) is -3.15. The Hall–Kier alpha value is -4.56. The molecule has 2 N–H and O–H groups in total. The molecule has 0 bridgehead atoms. The topological polar surface area (TPSA) is 144 Å². The average Bonchev–Trinajstić information content (AvgIpc) is 3.35. The third kappa shape index (κ3) is 7.88. The summed E-state index contributed by atoms with van der Waals surface area (Å²) >= 11 is 0. The largest absolute Gasteiger partial charge is 0.550 e. The number of halogens is 2. The van der Waals surface area contributed by atoms with Crippen LogP contribution in [0.5, 0.6) is 0 Å². The summed E-state index contributed by atoms with van der Waals surface area (Å²) < 4.78 is 57.9. The number of carbonyl (C=O) groups excluding carboxylic acids is 2. The Bertz CT molecular complexity index is 1900. The fourth-order valence-electron chi connectivity index (χ4n) is 5.23. The van der Waals surface area contributed by atoms with Crippen molar-refractivity contribution in [1.82, 2.24) is 8.87 Å². The fraction of sp³-hybridized carbons (Fsp3) is 0.265. The Balaban J connectivity index is 2.06. The maximum Gasteiger partial charge on any atom is 0.441 e. The summed E-state index contributed by atoms with van der Waals surface area (Å²) in [6.07, 6.45) is 1.74. The van der Waals surface area contributed by atoms with Gasteiger partial charge in [0, 0.05) is 56.1 Å². The molecule has 2 heterocycles. The second kappa shape index (κ2) is 14.5. The first-order valence-corrected chi connectivity index (χ1v) is 16.1. The van der Waals surface area contributed by atoms with Crippen molar-refractivity contribution < 1.29 is 46.7 Å². The molecule has 0 aliphatic rings. The Morgan fingerprint density at radius 1 is 0.957 bits per heavy atom. The van der Waals surface area contributed by atoms with Crippen molar-refractivity contribution >= 4 is 28.0 Å². The van der Waals surface area contributed by atoms with Gasteiger partial charge in [0.05, 0.1) is 17.9 Å². The molecule has 2 aromatic heterocycles. The smallest absolute Gasteiger partial charge is 0.441 e. The molecule has 0 saturated heterocycles. The minimum Gasteiger partial charge on any atom is -0.550 e. The van der Waals surface area contributed by atoms with Gasteiger partial charge in [0.1, 0.15) is 16.5 Å². The predicted octanol–water partition coefficient (Wildman–Crippen LogP) is 3.17. The van der Waals surface area contributed by atoms with Crippen molar-refractivity contribution in [1.29, 1.82) is 0 Å². The molecule has 4 aromatic rings. The number of sulfonamides is 1. The summed E-state index contributed by atoms with van der Waals surface area (Å²) in [5, 5.41) is 31.6. The van der Waals surface area contributed by atoms with Gasteiger partial charge in [0.2, 0.25) is 10.0 Å². The molecule has 2 aromatic carbocycles. The van der Waals surface area contributed by atoms with Crippen LogP contribution in [0.4, 0.5) is 8.78 Å². The van der Waals surface area contributed by atoms with Crippen LogP contribution in [0.1, 0.15) is 48.9 Å². The van der Waals surface area contributed by atoms with E-state index in [1.165, 1.54) is 99.3 Å². The highest BCUT2D eigenvalue weighted by atomic mass is 32.2. The van der Waals surface area contributed by atoms with Crippen LogP contribution in [-0.2, 0) is 14.8 Å². The zero-order valence-electron chi connectivity index (χ0n) is 26.2. The van der Waals surface area contributed by atoms with Gasteiger partial charge in [-0.05, 0) is 61.4 Å². The molecule has 0 aliphatic heterocycles. The predicted molar refractivity (Wildman–Crippen MR) is 168 cm³/mol. The van der Waals surface area contributed by atoms with Crippen LogP contribution < -0.4 is 9.67 Å². The molecule has 10 nitrogen and oxygen atoms in total. The Labute approximate surface area is 271 Å². The van der Waals surface area contributed by atoms with Gasteiger partial charge in [-0.3, -0.25) is 0 Å². The molecule has 4 rings (SSSR count). The van der Waals surface area contributed by atoms with Gasteiger partial charge in [0.15, 0.2) is 18.1 Å². The SMILES string of the molecule is CC(C)n1c(/C=C/[C@@H](O)C[C@@H](O)CC(=O)[O-])c(-c2ccc(F)cc2)c(-c2ccc(F)cc2)c1C(=O)[n+]1cccc(S(=O)(=O)N(C)C)c1. The van der Waals surface area contributed by atoms with Crippen LogP contribution in [0.25, 0.3) is 28.3 Å². The lowest BCUT2D eigenvalue weighted by Gasteiger charge is -2.16. The molecule has 0 radical (unpaired) electrons. The first kappa shape index (κ1) is 35.3. The molecule has 13 heteroatoms. The lowest BCUT2D eigenvalue weighted by molar-refractivity contribution is -0.573. The molecule has 0 amide bonds. The fourth-order valence-corrected chi connectivity index (χ4v) is 6.14. The number of pyridine rings is 1. The highest BCUT2D eigenvalue weighted by molar-refractivity contribution is 7.89. The zero-order chi connectivity index (χ0) is 34.6. The molecule has 0 fully saturated rings. The number of rotatable bonds is 12. The van der Waals surface area contributed by atoms with Crippen LogP contribution in [-0.4, -0.2) is 65.7 Å². The molecule has 0 spiro atoms. The van der Waals surface area contributed by atoms with Gasteiger partial charge in [-0.1, -0.05) is 30.3 Å². The van der Waals surface area contributed by atoms with Crippen molar-refractivity contribution in [3.05, 3.63) is 102 Å². The molecular weight excluding hydrogens is 632 g/mol. The molecule has 0 aliphatic carbocycles. The van der Waals surface area contributed by atoms with Crippen molar-refractivity contribution in [2.75, 3.05) is 14.1 Å². The summed E-state index contributed by atoms with van der Waals surface area (Å²) in [6.45, 7) is 3.60. The van der Waals surface area contributed by atoms with E-state index in [9.17, 15) is 42.1 Å². The van der Waals surface area contributed by atoms with Gasteiger partial charge >= 0.3 is 5.91 Å². The van der Waals surface area contributed by atoms with Crippen molar-refractivity contribution in [2.45, 2.75) is 49.8 Å². The standard InChI is InChI=1S/C34H35F2N3O7S/c1-21(2)39-29(16-15-26(40)18-27(41)19-30(42)43)31(22-7-11-24(35)12-8-22)32(23-9-13-25(36)14-10-23)33(39)34(44)38-17-5-6-28(20-38)47(45,46)37(3)4/h5-17,20-21,26-27,40-41H,18-19H2,1-4H3/b16-15+/t26-,27-/m1/s1. The molecule has 0 saturated carbocycles. The highest BCUT2D eigenvalue weighted by Crippen LogP contribution is 2.42. The van der Waals surface area contributed by atoms with Gasteiger partial charge in [-0.15, -0.1) is 4.57 Å². The Kier molecular flexibility index (Phi) is 10.9. The van der Waals surface area contributed by atoms with Crippen LogP contribution in [0.2, 0.25) is 0 Å². The van der Waals surface area contributed by atoms with E-state index in [4.69, 9.17) is 0 Å². The van der Waals surface area contributed by atoms with E-state index >= 15 is 0 Å². The van der Waals surface area contributed by atoms with Crippen LogP contribution in [0.3, 0.4) is 0 Å². The number of aliphatic hydroxyl groups excluding tert-OH is 2. The lowest BCUT2D eigenvalue weighted by atomic mass is 9.94. The number of aliphatic hydroxyl groups is 2. The van der Waals surface area contributed by atoms with Gasteiger partial charge in [0.25, 0.3) is 0 Å². The minimum absolute atomic E-state index is 0.0847. The number of carboxylic acids is 1. The van der Waals surface area contributed by atoms with Gasteiger partial charge < -0.3 is 24.7 Å². The number of nitrogens with zero attached hydrogens (tertiary/aromatic N) is 3. The van der Waals surface area contributed by atoms with E-state index in [0.29, 0.717) is 27.9 Å². The van der Waals surface area contributed by atoms with E-state index in [-0.39, 0.29) is 17.0 Å². The summed E-state index contributed by atoms with van der Waals surface area (Å²) in [4.78, 5) is 25.3. The molecular formula is C34H35F2N3O7S. The van der Waals surface area contributed by atoms with E-state index in [2.05, 4.69) is 0 Å². The number of aromatic nitrogens is 2. The maximum atomic E-state index is 14.6. The summed E-state index contributed by atoms with van der Waals surface area (Å²) in [7, 11) is -1.19. The average molecular weight is 668 g/mol. The number of carboxylic acid groups (broad SMARTS) is 1.